The zero-order valence-corrected chi connectivity index (χ0v) is 16.0. The average Bonchev–Trinajstić information content (AvgIpc) is 3.07. The number of rotatable bonds is 3. The molecule has 2 aromatic heterocycles. The number of para-hydroxylation sites is 1. The highest BCUT2D eigenvalue weighted by Gasteiger charge is 2.15. The summed E-state index contributed by atoms with van der Waals surface area (Å²) in [5.74, 6) is 0.108. The van der Waals surface area contributed by atoms with Crippen LogP contribution in [0.4, 0.5) is 11.6 Å². The van der Waals surface area contributed by atoms with Crippen LogP contribution < -0.4 is 11.1 Å². The lowest BCUT2D eigenvalue weighted by atomic mass is 10.00. The van der Waals surface area contributed by atoms with Crippen molar-refractivity contribution < 1.29 is 4.79 Å². The molecule has 0 saturated carbocycles. The summed E-state index contributed by atoms with van der Waals surface area (Å²) in [5, 5.41) is 3.81. The minimum absolute atomic E-state index is 0.108. The van der Waals surface area contributed by atoms with Gasteiger partial charge >= 0.3 is 0 Å². The van der Waals surface area contributed by atoms with Crippen LogP contribution in [0.5, 0.6) is 0 Å². The Balaban J connectivity index is 1.86. The topological polar surface area (TPSA) is 96.7 Å². The molecule has 0 spiro atoms. The Bertz CT molecular complexity index is 1150. The maximum absolute atomic E-state index is 11.2. The second kappa shape index (κ2) is 6.85. The molecule has 0 fully saturated rings. The summed E-state index contributed by atoms with van der Waals surface area (Å²) < 4.78 is 0.981. The second-order valence-electron chi connectivity index (χ2n) is 6.11. The number of anilines is 2. The number of nitrogens with one attached hydrogen (secondary N) is 2. The summed E-state index contributed by atoms with van der Waals surface area (Å²) >= 11 is 3.56. The zero-order chi connectivity index (χ0) is 19.0. The smallest absolute Gasteiger partial charge is 0.221 e. The van der Waals surface area contributed by atoms with E-state index < -0.39 is 0 Å². The molecular formula is C20H16BrN5O. The van der Waals surface area contributed by atoms with Gasteiger partial charge in [0.1, 0.15) is 0 Å². The monoisotopic (exact) mass is 421 g/mol. The molecule has 0 atom stereocenters. The molecule has 0 saturated heterocycles. The summed E-state index contributed by atoms with van der Waals surface area (Å²) in [7, 11) is 0. The Hall–Kier alpha value is -3.19. The van der Waals surface area contributed by atoms with Crippen LogP contribution >= 0.6 is 15.9 Å². The lowest BCUT2D eigenvalue weighted by molar-refractivity contribution is -0.114. The molecule has 0 unspecified atom stereocenters. The molecule has 0 aliphatic rings. The van der Waals surface area contributed by atoms with Gasteiger partial charge in [-0.3, -0.25) is 4.79 Å². The summed E-state index contributed by atoms with van der Waals surface area (Å²) in [6, 6.07) is 13.6. The number of fused-ring (bicyclic) bond motifs is 1. The van der Waals surface area contributed by atoms with E-state index in [1.807, 2.05) is 48.7 Å². The van der Waals surface area contributed by atoms with Gasteiger partial charge in [0.05, 0.1) is 11.2 Å². The summed E-state index contributed by atoms with van der Waals surface area (Å²) in [5.41, 5.74) is 11.1. The Labute approximate surface area is 164 Å². The van der Waals surface area contributed by atoms with Gasteiger partial charge in [0, 0.05) is 46.0 Å². The number of halogens is 1. The van der Waals surface area contributed by atoms with Crippen LogP contribution in [0.1, 0.15) is 6.92 Å². The molecule has 27 heavy (non-hydrogen) atoms. The predicted molar refractivity (Wildman–Crippen MR) is 111 cm³/mol. The van der Waals surface area contributed by atoms with Crippen molar-refractivity contribution in [1.82, 2.24) is 15.0 Å². The number of hydrogen-bond donors (Lipinski definition) is 3. The Morgan fingerprint density at radius 2 is 1.93 bits per heavy atom. The fourth-order valence-electron chi connectivity index (χ4n) is 3.06. The van der Waals surface area contributed by atoms with Crippen molar-refractivity contribution in [2.75, 3.05) is 11.1 Å². The molecule has 0 aliphatic carbocycles. The van der Waals surface area contributed by atoms with Gasteiger partial charge in [0.25, 0.3) is 0 Å². The van der Waals surface area contributed by atoms with Crippen molar-refractivity contribution in [2.24, 2.45) is 0 Å². The van der Waals surface area contributed by atoms with Gasteiger partial charge in [-0.1, -0.05) is 24.3 Å². The van der Waals surface area contributed by atoms with Crippen LogP contribution in [-0.4, -0.2) is 20.9 Å². The molecule has 2 aromatic carbocycles. The number of benzene rings is 2. The molecule has 2 heterocycles. The number of carbonyl (C=O) groups excluding carboxylic acids is 1. The first-order chi connectivity index (χ1) is 13.0. The maximum Gasteiger partial charge on any atom is 0.221 e. The van der Waals surface area contributed by atoms with Gasteiger partial charge in [-0.2, -0.15) is 0 Å². The maximum atomic E-state index is 11.2. The number of nitrogens with two attached hydrogens (primary N) is 1. The van der Waals surface area contributed by atoms with Crippen LogP contribution in [0, 0.1) is 0 Å². The van der Waals surface area contributed by atoms with Crippen molar-refractivity contribution in [2.45, 2.75) is 6.92 Å². The summed E-state index contributed by atoms with van der Waals surface area (Å²) in [6.45, 7) is 1.48. The van der Waals surface area contributed by atoms with Crippen molar-refractivity contribution in [3.05, 3.63) is 59.3 Å². The molecule has 6 nitrogen and oxygen atoms in total. The van der Waals surface area contributed by atoms with Gasteiger partial charge in [-0.05, 0) is 39.7 Å². The number of amides is 1. The van der Waals surface area contributed by atoms with E-state index in [0.717, 1.165) is 43.4 Å². The highest BCUT2D eigenvalue weighted by atomic mass is 79.9. The first-order valence-corrected chi connectivity index (χ1v) is 9.09. The highest BCUT2D eigenvalue weighted by Crippen LogP contribution is 2.37. The number of aromatic amines is 1. The van der Waals surface area contributed by atoms with Crippen LogP contribution in [0.2, 0.25) is 0 Å². The van der Waals surface area contributed by atoms with Crippen molar-refractivity contribution in [1.29, 1.82) is 0 Å². The van der Waals surface area contributed by atoms with Crippen molar-refractivity contribution in [3.63, 3.8) is 0 Å². The first kappa shape index (κ1) is 17.2. The number of hydrogen-bond acceptors (Lipinski definition) is 4. The largest absolute Gasteiger partial charge is 0.368 e. The molecular weight excluding hydrogens is 406 g/mol. The van der Waals surface area contributed by atoms with Crippen LogP contribution in [0.15, 0.2) is 59.3 Å². The SMILES string of the molecule is CC(=O)Nc1ccc(-c2cnc(N)nc2-c2c[nH]c3c(Br)cccc23)cc1. The summed E-state index contributed by atoms with van der Waals surface area (Å²) in [6.07, 6.45) is 3.65. The van der Waals surface area contributed by atoms with Crippen molar-refractivity contribution >= 4 is 44.4 Å². The third-order valence-corrected chi connectivity index (χ3v) is 4.90. The Kier molecular flexibility index (Phi) is 4.37. The number of nitrogen functional groups attached to an aromatic ring is 1. The number of aromatic nitrogens is 3. The van der Waals surface area contributed by atoms with E-state index in [2.05, 4.69) is 36.2 Å². The first-order valence-electron chi connectivity index (χ1n) is 8.29. The normalized spacial score (nSPS) is 10.9. The highest BCUT2D eigenvalue weighted by molar-refractivity contribution is 9.10. The van der Waals surface area contributed by atoms with E-state index in [-0.39, 0.29) is 11.9 Å². The molecule has 0 bridgehead atoms. The van der Waals surface area contributed by atoms with E-state index in [0.29, 0.717) is 0 Å². The molecule has 1 amide bonds. The van der Waals surface area contributed by atoms with Gasteiger partial charge in [0.2, 0.25) is 11.9 Å². The van der Waals surface area contributed by atoms with Gasteiger partial charge in [-0.25, -0.2) is 9.97 Å². The number of H-pyrrole nitrogens is 1. The Morgan fingerprint density at radius 3 is 2.67 bits per heavy atom. The third-order valence-electron chi connectivity index (χ3n) is 4.24. The zero-order valence-electron chi connectivity index (χ0n) is 14.5. The minimum atomic E-state index is -0.108. The quantitative estimate of drug-likeness (QED) is 0.450. The van der Waals surface area contributed by atoms with E-state index >= 15 is 0 Å². The minimum Gasteiger partial charge on any atom is -0.368 e. The van der Waals surface area contributed by atoms with Gasteiger partial charge < -0.3 is 16.0 Å². The van der Waals surface area contributed by atoms with Crippen LogP contribution in [-0.2, 0) is 4.79 Å². The lowest BCUT2D eigenvalue weighted by Crippen LogP contribution is -2.05. The van der Waals surface area contributed by atoms with Crippen molar-refractivity contribution in [3.8, 4) is 22.4 Å². The van der Waals surface area contributed by atoms with Crippen LogP contribution in [0.25, 0.3) is 33.3 Å². The van der Waals surface area contributed by atoms with E-state index in [9.17, 15) is 4.79 Å². The molecule has 4 aromatic rings. The predicted octanol–water partition coefficient (Wildman–Crippen LogP) is 4.60. The van der Waals surface area contributed by atoms with E-state index in [1.54, 1.807) is 6.20 Å². The number of nitrogens with zero attached hydrogens (tertiary/aromatic N) is 2. The third kappa shape index (κ3) is 3.29. The molecule has 134 valence electrons. The molecule has 0 radical (unpaired) electrons. The fourth-order valence-corrected chi connectivity index (χ4v) is 3.54. The fraction of sp³-hybridized carbons (Fsp3) is 0.0500. The number of carbonyl (C=O) groups is 1. The average molecular weight is 422 g/mol. The van der Waals surface area contributed by atoms with Gasteiger partial charge in [0.15, 0.2) is 0 Å². The second-order valence-corrected chi connectivity index (χ2v) is 6.97. The molecule has 4 rings (SSSR count). The molecule has 4 N–H and O–H groups in total. The van der Waals surface area contributed by atoms with E-state index in [4.69, 9.17) is 5.73 Å². The van der Waals surface area contributed by atoms with E-state index in [1.165, 1.54) is 6.92 Å². The molecule has 7 heteroatoms. The standard InChI is InChI=1S/C20H16BrN5O/c1-11(27)25-13-7-5-12(6-8-13)15-9-24-20(22)26-18(15)16-10-23-19-14(16)3-2-4-17(19)21/h2-10,23H,1H3,(H,25,27)(H2,22,24,26). The van der Waals surface area contributed by atoms with Crippen LogP contribution in [0.3, 0.4) is 0 Å². The van der Waals surface area contributed by atoms with Gasteiger partial charge in [-0.15, -0.1) is 0 Å². The Morgan fingerprint density at radius 1 is 1.15 bits per heavy atom. The summed E-state index contributed by atoms with van der Waals surface area (Å²) in [4.78, 5) is 23.2. The molecule has 0 aliphatic heterocycles. The lowest BCUT2D eigenvalue weighted by Gasteiger charge is -2.10.